The van der Waals surface area contributed by atoms with Gasteiger partial charge in [-0.2, -0.15) is 5.26 Å². The molecule has 0 aliphatic heterocycles. The fraction of sp³-hybridized carbons (Fsp3) is 0.154. The molecule has 0 aliphatic rings. The second-order valence-electron chi connectivity index (χ2n) is 3.14. The lowest BCUT2D eigenvalue weighted by molar-refractivity contribution is 0.956. The molecule has 0 saturated carbocycles. The largest absolute Gasteiger partial charge is 0.364 e. The van der Waals surface area contributed by atoms with Crippen molar-refractivity contribution in [2.24, 2.45) is 0 Å². The van der Waals surface area contributed by atoms with Gasteiger partial charge in [0.2, 0.25) is 0 Å². The molecule has 0 amide bonds. The van der Waals surface area contributed by atoms with Gasteiger partial charge in [-0.15, -0.1) is 13.2 Å². The average Bonchev–Trinajstić information content (AvgIpc) is 2.29. The van der Waals surface area contributed by atoms with Gasteiger partial charge in [0.25, 0.3) is 0 Å². The molecular formula is C13H14N2. The molecule has 0 unspecified atom stereocenters. The molecule has 2 heteroatoms. The van der Waals surface area contributed by atoms with Crippen molar-refractivity contribution in [3.8, 4) is 6.07 Å². The molecule has 1 aromatic carbocycles. The maximum Gasteiger partial charge on any atom is 0.0992 e. The molecule has 15 heavy (non-hydrogen) atoms. The maximum absolute atomic E-state index is 8.79. The maximum atomic E-state index is 8.79. The predicted molar refractivity (Wildman–Crippen MR) is 63.8 cm³/mol. The SMILES string of the molecule is C=CCN(CC=C)c1cccc(C#N)c1. The van der Waals surface area contributed by atoms with Crippen LogP contribution in [-0.2, 0) is 0 Å². The van der Waals surface area contributed by atoms with E-state index in [4.69, 9.17) is 5.26 Å². The molecule has 1 rings (SSSR count). The Balaban J connectivity index is 2.94. The zero-order valence-corrected chi connectivity index (χ0v) is 8.69. The van der Waals surface area contributed by atoms with E-state index in [1.165, 1.54) is 0 Å². The molecule has 0 N–H and O–H groups in total. The Morgan fingerprint density at radius 1 is 1.27 bits per heavy atom. The van der Waals surface area contributed by atoms with Gasteiger partial charge in [-0.25, -0.2) is 0 Å². The summed E-state index contributed by atoms with van der Waals surface area (Å²) in [5.41, 5.74) is 1.69. The van der Waals surface area contributed by atoms with Gasteiger partial charge in [0, 0.05) is 18.8 Å². The van der Waals surface area contributed by atoms with Crippen LogP contribution in [0, 0.1) is 11.3 Å². The highest BCUT2D eigenvalue weighted by molar-refractivity contribution is 5.52. The minimum absolute atomic E-state index is 0.672. The topological polar surface area (TPSA) is 27.0 Å². The van der Waals surface area contributed by atoms with Gasteiger partial charge in [-0.1, -0.05) is 18.2 Å². The third-order valence-corrected chi connectivity index (χ3v) is 2.04. The van der Waals surface area contributed by atoms with E-state index in [2.05, 4.69) is 24.1 Å². The number of anilines is 1. The van der Waals surface area contributed by atoms with Gasteiger partial charge in [-0.05, 0) is 18.2 Å². The van der Waals surface area contributed by atoms with E-state index in [1.807, 2.05) is 30.4 Å². The first-order valence-electron chi connectivity index (χ1n) is 4.78. The van der Waals surface area contributed by atoms with Crippen molar-refractivity contribution in [2.75, 3.05) is 18.0 Å². The Kier molecular flexibility index (Phi) is 4.18. The van der Waals surface area contributed by atoms with E-state index in [9.17, 15) is 0 Å². The van der Waals surface area contributed by atoms with Crippen LogP contribution in [0.5, 0.6) is 0 Å². The summed E-state index contributed by atoms with van der Waals surface area (Å²) in [7, 11) is 0. The number of rotatable bonds is 5. The minimum Gasteiger partial charge on any atom is -0.364 e. The van der Waals surface area contributed by atoms with Crippen LogP contribution in [-0.4, -0.2) is 13.1 Å². The molecule has 2 nitrogen and oxygen atoms in total. The summed E-state index contributed by atoms with van der Waals surface area (Å²) in [5.74, 6) is 0. The Labute approximate surface area is 90.8 Å². The molecule has 0 fully saturated rings. The molecule has 0 bridgehead atoms. The van der Waals surface area contributed by atoms with E-state index >= 15 is 0 Å². The fourth-order valence-corrected chi connectivity index (χ4v) is 1.37. The van der Waals surface area contributed by atoms with Crippen molar-refractivity contribution >= 4 is 5.69 Å². The lowest BCUT2D eigenvalue weighted by Crippen LogP contribution is -2.22. The third kappa shape index (κ3) is 2.99. The van der Waals surface area contributed by atoms with Crippen LogP contribution in [0.4, 0.5) is 5.69 Å². The zero-order chi connectivity index (χ0) is 11.1. The quantitative estimate of drug-likeness (QED) is 0.680. The first-order valence-corrected chi connectivity index (χ1v) is 4.78. The van der Waals surface area contributed by atoms with Gasteiger partial charge in [-0.3, -0.25) is 0 Å². The van der Waals surface area contributed by atoms with E-state index in [1.54, 1.807) is 6.07 Å². The van der Waals surface area contributed by atoms with E-state index in [0.29, 0.717) is 5.56 Å². The number of benzene rings is 1. The summed E-state index contributed by atoms with van der Waals surface area (Å²) in [5, 5.41) is 8.79. The van der Waals surface area contributed by atoms with Crippen LogP contribution in [0.1, 0.15) is 5.56 Å². The lowest BCUT2D eigenvalue weighted by atomic mass is 10.2. The summed E-state index contributed by atoms with van der Waals surface area (Å²) in [6.45, 7) is 8.92. The van der Waals surface area contributed by atoms with Gasteiger partial charge in [0.05, 0.1) is 11.6 Å². The van der Waals surface area contributed by atoms with Crippen molar-refractivity contribution in [3.63, 3.8) is 0 Å². The standard InChI is InChI=1S/C13H14N2/c1-3-8-15(9-4-2)13-7-5-6-12(10-13)11-14/h3-7,10H,1-2,8-9H2. The van der Waals surface area contributed by atoms with Crippen LogP contribution >= 0.6 is 0 Å². The summed E-state index contributed by atoms with van der Waals surface area (Å²) >= 11 is 0. The number of hydrogen-bond acceptors (Lipinski definition) is 2. The second-order valence-corrected chi connectivity index (χ2v) is 3.14. The number of nitrogens with zero attached hydrogens (tertiary/aromatic N) is 2. The average molecular weight is 198 g/mol. The summed E-state index contributed by atoms with van der Waals surface area (Å²) in [4.78, 5) is 2.10. The van der Waals surface area contributed by atoms with Crippen molar-refractivity contribution in [3.05, 3.63) is 55.1 Å². The fourth-order valence-electron chi connectivity index (χ4n) is 1.37. The third-order valence-electron chi connectivity index (χ3n) is 2.04. The Morgan fingerprint density at radius 3 is 2.47 bits per heavy atom. The van der Waals surface area contributed by atoms with Gasteiger partial charge < -0.3 is 4.90 Å². The van der Waals surface area contributed by atoms with Gasteiger partial charge in [0.15, 0.2) is 0 Å². The molecule has 0 atom stereocenters. The van der Waals surface area contributed by atoms with Crippen LogP contribution < -0.4 is 4.90 Å². The molecule has 76 valence electrons. The molecule has 0 radical (unpaired) electrons. The van der Waals surface area contributed by atoms with Crippen LogP contribution in [0.15, 0.2) is 49.6 Å². The van der Waals surface area contributed by atoms with Crippen LogP contribution in [0.2, 0.25) is 0 Å². The van der Waals surface area contributed by atoms with Crippen molar-refractivity contribution < 1.29 is 0 Å². The molecule has 0 heterocycles. The Morgan fingerprint density at radius 2 is 1.93 bits per heavy atom. The highest BCUT2D eigenvalue weighted by Crippen LogP contribution is 2.15. The predicted octanol–water partition coefficient (Wildman–Crippen LogP) is 2.74. The van der Waals surface area contributed by atoms with E-state index in [-0.39, 0.29) is 0 Å². The van der Waals surface area contributed by atoms with Gasteiger partial charge >= 0.3 is 0 Å². The van der Waals surface area contributed by atoms with Crippen LogP contribution in [0.25, 0.3) is 0 Å². The molecular weight excluding hydrogens is 184 g/mol. The zero-order valence-electron chi connectivity index (χ0n) is 8.69. The molecule has 0 saturated heterocycles. The Bertz CT molecular complexity index is 378. The molecule has 0 spiro atoms. The number of nitriles is 1. The van der Waals surface area contributed by atoms with Crippen molar-refractivity contribution in [1.29, 1.82) is 5.26 Å². The second kappa shape index (κ2) is 5.66. The minimum atomic E-state index is 0.672. The summed E-state index contributed by atoms with van der Waals surface area (Å²) < 4.78 is 0. The molecule has 0 aliphatic carbocycles. The monoisotopic (exact) mass is 198 g/mol. The lowest BCUT2D eigenvalue weighted by Gasteiger charge is -2.21. The first kappa shape index (κ1) is 11.1. The normalized spacial score (nSPS) is 9.00. The van der Waals surface area contributed by atoms with Gasteiger partial charge in [0.1, 0.15) is 0 Å². The smallest absolute Gasteiger partial charge is 0.0992 e. The van der Waals surface area contributed by atoms with Crippen molar-refractivity contribution in [1.82, 2.24) is 0 Å². The highest BCUT2D eigenvalue weighted by atomic mass is 15.1. The Hall–Kier alpha value is -2.01. The summed E-state index contributed by atoms with van der Waals surface area (Å²) in [6.07, 6.45) is 3.67. The molecule has 0 aromatic heterocycles. The van der Waals surface area contributed by atoms with Crippen LogP contribution in [0.3, 0.4) is 0 Å². The summed E-state index contributed by atoms with van der Waals surface area (Å²) in [6, 6.07) is 9.65. The van der Waals surface area contributed by atoms with Crippen molar-refractivity contribution in [2.45, 2.75) is 0 Å². The number of hydrogen-bond donors (Lipinski definition) is 0. The highest BCUT2D eigenvalue weighted by Gasteiger charge is 2.02. The van der Waals surface area contributed by atoms with E-state index < -0.39 is 0 Å². The molecule has 1 aromatic rings. The first-order chi connectivity index (χ1) is 7.31. The van der Waals surface area contributed by atoms with E-state index in [0.717, 1.165) is 18.8 Å².